The number of nitrogens with zero attached hydrogens (tertiary/aromatic N) is 1. The summed E-state index contributed by atoms with van der Waals surface area (Å²) in [6, 6.07) is -0.890. The van der Waals surface area contributed by atoms with Gasteiger partial charge in [0.05, 0.1) is 11.6 Å². The van der Waals surface area contributed by atoms with Gasteiger partial charge in [0.2, 0.25) is 0 Å². The van der Waals surface area contributed by atoms with Crippen molar-refractivity contribution in [2.45, 2.75) is 71.1 Å². The summed E-state index contributed by atoms with van der Waals surface area (Å²) in [6.07, 6.45) is -11.1. The quantitative estimate of drug-likeness (QED) is 0.611. The van der Waals surface area contributed by atoms with Crippen molar-refractivity contribution in [3.05, 3.63) is 23.3 Å². The molecular weight excluding hydrogens is 364 g/mol. The van der Waals surface area contributed by atoms with Crippen LogP contribution in [-0.2, 0) is 4.74 Å². The lowest BCUT2D eigenvalue weighted by Crippen LogP contribution is -2.47. The van der Waals surface area contributed by atoms with Gasteiger partial charge in [-0.05, 0) is 32.8 Å². The Morgan fingerprint density at radius 3 is 2.23 bits per heavy atom. The molecule has 1 saturated heterocycles. The summed E-state index contributed by atoms with van der Waals surface area (Å²) in [4.78, 5) is 13.5. The monoisotopic (exact) mass is 385 g/mol. The molecule has 0 N–H and O–H groups in total. The average Bonchev–Trinajstić information content (AvgIpc) is 2.82. The first-order valence-electron chi connectivity index (χ1n) is 8.27. The Labute approximate surface area is 147 Å². The van der Waals surface area contributed by atoms with E-state index >= 15 is 0 Å². The Morgan fingerprint density at radius 2 is 1.81 bits per heavy atom. The number of halogens is 6. The highest BCUT2D eigenvalue weighted by atomic mass is 19.4. The third-order valence-electron chi connectivity index (χ3n) is 4.85. The van der Waals surface area contributed by atoms with E-state index in [0.29, 0.717) is 6.42 Å². The highest BCUT2D eigenvalue weighted by Gasteiger charge is 2.54. The van der Waals surface area contributed by atoms with E-state index in [4.69, 9.17) is 4.74 Å². The first-order chi connectivity index (χ1) is 11.7. The molecule has 0 saturated carbocycles. The Hall–Kier alpha value is -1.67. The van der Waals surface area contributed by atoms with Crippen LogP contribution < -0.4 is 0 Å². The molecule has 3 atom stereocenters. The summed E-state index contributed by atoms with van der Waals surface area (Å²) < 4.78 is 84.5. The fourth-order valence-corrected chi connectivity index (χ4v) is 3.73. The van der Waals surface area contributed by atoms with Gasteiger partial charge in [0.15, 0.2) is 0 Å². The van der Waals surface area contributed by atoms with Gasteiger partial charge in [0.1, 0.15) is 6.10 Å². The van der Waals surface area contributed by atoms with Gasteiger partial charge in [-0.3, -0.25) is 4.90 Å². The molecule has 1 aliphatic heterocycles. The maximum atomic E-state index is 13.2. The van der Waals surface area contributed by atoms with Crippen molar-refractivity contribution in [2.75, 3.05) is 0 Å². The molecule has 0 aromatic carbocycles. The minimum absolute atomic E-state index is 0.139. The normalized spacial score (nSPS) is 30.4. The van der Waals surface area contributed by atoms with Crippen LogP contribution in [0.4, 0.5) is 31.1 Å². The van der Waals surface area contributed by atoms with E-state index in [1.165, 1.54) is 11.8 Å². The highest BCUT2D eigenvalue weighted by Crippen LogP contribution is 2.49. The number of amides is 1. The maximum absolute atomic E-state index is 13.2. The van der Waals surface area contributed by atoms with Crippen LogP contribution in [0.3, 0.4) is 0 Å². The lowest BCUT2D eigenvalue weighted by atomic mass is 9.71. The van der Waals surface area contributed by atoms with E-state index in [9.17, 15) is 31.1 Å². The summed E-state index contributed by atoms with van der Waals surface area (Å²) in [5.41, 5.74) is -4.26. The molecule has 9 heteroatoms. The molecule has 26 heavy (non-hydrogen) atoms. The fraction of sp³-hybridized carbons (Fsp3) is 0.706. The van der Waals surface area contributed by atoms with E-state index in [0.717, 1.165) is 6.08 Å². The molecule has 0 radical (unpaired) electrons. The average molecular weight is 385 g/mol. The van der Waals surface area contributed by atoms with Crippen molar-refractivity contribution >= 4 is 6.09 Å². The topological polar surface area (TPSA) is 29.5 Å². The number of alkyl halides is 6. The van der Waals surface area contributed by atoms with E-state index in [1.54, 1.807) is 20.8 Å². The number of hydrogen-bond acceptors (Lipinski definition) is 2. The summed E-state index contributed by atoms with van der Waals surface area (Å²) in [5, 5.41) is 0. The molecule has 1 heterocycles. The molecule has 3 nitrogen and oxygen atoms in total. The van der Waals surface area contributed by atoms with Crippen molar-refractivity contribution in [1.29, 1.82) is 0 Å². The second kappa shape index (κ2) is 6.49. The summed E-state index contributed by atoms with van der Waals surface area (Å²) >= 11 is 0. The number of hydrogen-bond donors (Lipinski definition) is 0. The molecule has 0 aromatic heterocycles. The van der Waals surface area contributed by atoms with Crippen LogP contribution in [0.2, 0.25) is 0 Å². The number of carbonyl (C=O) groups is 1. The molecule has 1 unspecified atom stereocenters. The van der Waals surface area contributed by atoms with Gasteiger partial charge in [-0.15, -0.1) is 0 Å². The SMILES string of the molecule is CC[C@@H]1[C@@H](C2(C)C=C(C(F)(F)F)C=C(C(F)(F)F)C2)OC(=O)N1C(C)C. The van der Waals surface area contributed by atoms with E-state index < -0.39 is 53.6 Å². The zero-order valence-corrected chi connectivity index (χ0v) is 14.8. The van der Waals surface area contributed by atoms with Crippen molar-refractivity contribution in [3.8, 4) is 0 Å². The second-order valence-electron chi connectivity index (χ2n) is 7.23. The minimum Gasteiger partial charge on any atom is -0.443 e. The van der Waals surface area contributed by atoms with Gasteiger partial charge >= 0.3 is 18.4 Å². The Kier molecular flexibility index (Phi) is 5.15. The Morgan fingerprint density at radius 1 is 1.23 bits per heavy atom. The summed E-state index contributed by atoms with van der Waals surface area (Å²) in [7, 11) is 0. The predicted octanol–water partition coefficient (Wildman–Crippen LogP) is 5.38. The molecule has 0 bridgehead atoms. The van der Waals surface area contributed by atoms with Gasteiger partial charge in [-0.2, -0.15) is 26.3 Å². The molecule has 2 aliphatic rings. The van der Waals surface area contributed by atoms with Crippen molar-refractivity contribution in [3.63, 3.8) is 0 Å². The molecule has 0 aromatic rings. The zero-order valence-electron chi connectivity index (χ0n) is 14.8. The lowest BCUT2D eigenvalue weighted by Gasteiger charge is -2.39. The van der Waals surface area contributed by atoms with E-state index in [-0.39, 0.29) is 12.1 Å². The Balaban J connectivity index is 2.51. The smallest absolute Gasteiger partial charge is 0.416 e. The van der Waals surface area contributed by atoms with Crippen LogP contribution in [0.5, 0.6) is 0 Å². The van der Waals surface area contributed by atoms with Crippen LogP contribution >= 0.6 is 0 Å². The molecular formula is C17H21F6NO2. The second-order valence-corrected chi connectivity index (χ2v) is 7.23. The van der Waals surface area contributed by atoms with Crippen LogP contribution in [0.25, 0.3) is 0 Å². The van der Waals surface area contributed by atoms with Crippen molar-refractivity contribution < 1.29 is 35.9 Å². The largest absolute Gasteiger partial charge is 0.443 e. The molecule has 148 valence electrons. The van der Waals surface area contributed by atoms with Crippen LogP contribution in [-0.4, -0.2) is 41.5 Å². The number of allylic oxidation sites excluding steroid dienone is 3. The molecule has 2 rings (SSSR count). The van der Waals surface area contributed by atoms with Crippen LogP contribution in [0.1, 0.15) is 40.5 Å². The predicted molar refractivity (Wildman–Crippen MR) is 82.3 cm³/mol. The standard InChI is InChI=1S/C17H21F6NO2/c1-5-12-13(26-14(25)24(12)9(2)3)15(4)7-10(16(18,19)20)6-11(8-15)17(21,22)23/h6-7,9,12-13H,5,8H2,1-4H3/t12-,13+,15?/m1/s1. The minimum atomic E-state index is -4.93. The Bertz CT molecular complexity index is 634. The molecule has 1 amide bonds. The van der Waals surface area contributed by atoms with Gasteiger partial charge in [0, 0.05) is 17.0 Å². The lowest BCUT2D eigenvalue weighted by molar-refractivity contribution is -0.105. The van der Waals surface area contributed by atoms with Gasteiger partial charge in [0.25, 0.3) is 0 Å². The molecule has 1 aliphatic carbocycles. The van der Waals surface area contributed by atoms with Gasteiger partial charge < -0.3 is 4.74 Å². The van der Waals surface area contributed by atoms with Crippen LogP contribution in [0, 0.1) is 5.41 Å². The number of carbonyl (C=O) groups excluding carboxylic acids is 1. The first-order valence-corrected chi connectivity index (χ1v) is 8.27. The third-order valence-corrected chi connectivity index (χ3v) is 4.85. The zero-order chi connectivity index (χ0) is 20.1. The van der Waals surface area contributed by atoms with E-state index in [2.05, 4.69) is 0 Å². The summed E-state index contributed by atoms with van der Waals surface area (Å²) in [5.74, 6) is 0. The van der Waals surface area contributed by atoms with Gasteiger partial charge in [-0.1, -0.05) is 19.9 Å². The van der Waals surface area contributed by atoms with E-state index in [1.807, 2.05) is 0 Å². The number of rotatable bonds is 3. The maximum Gasteiger partial charge on any atom is 0.416 e. The third kappa shape index (κ3) is 3.71. The first kappa shape index (κ1) is 20.6. The fourth-order valence-electron chi connectivity index (χ4n) is 3.73. The van der Waals surface area contributed by atoms with Crippen molar-refractivity contribution in [2.24, 2.45) is 5.41 Å². The molecule has 1 fully saturated rings. The van der Waals surface area contributed by atoms with Crippen LogP contribution in [0.15, 0.2) is 23.3 Å². The number of ether oxygens (including phenoxy) is 1. The summed E-state index contributed by atoms with van der Waals surface area (Å²) in [6.45, 7) is 6.43. The van der Waals surface area contributed by atoms with Gasteiger partial charge in [-0.25, -0.2) is 4.79 Å². The molecule has 0 spiro atoms. The highest BCUT2D eigenvalue weighted by molar-refractivity contribution is 5.71. The number of cyclic esters (lactones) is 1. The van der Waals surface area contributed by atoms with Crippen molar-refractivity contribution in [1.82, 2.24) is 4.90 Å².